The van der Waals surface area contributed by atoms with Crippen LogP contribution in [-0.2, 0) is 4.74 Å². The minimum absolute atomic E-state index is 0.0440. The van der Waals surface area contributed by atoms with E-state index in [0.29, 0.717) is 10.4 Å². The van der Waals surface area contributed by atoms with Crippen molar-refractivity contribution in [2.45, 2.75) is 13.8 Å². The number of aromatic amines is 1. The molecule has 20 heavy (non-hydrogen) atoms. The fraction of sp³-hybridized carbons (Fsp3) is 0.300. The van der Waals surface area contributed by atoms with E-state index in [4.69, 9.17) is 10.5 Å². The molecule has 1 amide bonds. The molecule has 2 rings (SSSR count). The third kappa shape index (κ3) is 2.18. The molecular weight excluding hydrogens is 268 g/mol. The number of hydrogen-bond acceptors (Lipinski definition) is 6. The van der Waals surface area contributed by atoms with Crippen molar-refractivity contribution in [1.29, 1.82) is 0 Å². The third-order valence-electron chi connectivity index (χ3n) is 2.47. The van der Waals surface area contributed by atoms with Crippen LogP contribution in [0.25, 0.3) is 5.69 Å². The van der Waals surface area contributed by atoms with Crippen molar-refractivity contribution in [2.24, 2.45) is 5.73 Å². The number of carbonyl (C=O) groups is 2. The van der Waals surface area contributed by atoms with Gasteiger partial charge in [-0.05, 0) is 13.8 Å². The van der Waals surface area contributed by atoms with E-state index >= 15 is 0 Å². The number of carbonyl (C=O) groups excluding carboxylic acids is 2. The Kier molecular flexibility index (Phi) is 3.37. The van der Waals surface area contributed by atoms with E-state index in [2.05, 4.69) is 15.4 Å². The van der Waals surface area contributed by atoms with Crippen LogP contribution >= 0.6 is 0 Å². The van der Waals surface area contributed by atoms with Crippen LogP contribution in [0.4, 0.5) is 4.79 Å². The molecule has 3 N–H and O–H groups in total. The van der Waals surface area contributed by atoms with E-state index in [1.807, 2.05) is 0 Å². The van der Waals surface area contributed by atoms with Crippen LogP contribution in [0.1, 0.15) is 23.1 Å². The number of amides is 1. The van der Waals surface area contributed by atoms with E-state index in [-0.39, 0.29) is 18.0 Å². The molecule has 0 aliphatic rings. The van der Waals surface area contributed by atoms with Crippen LogP contribution in [0.15, 0.2) is 11.0 Å². The normalized spacial score (nSPS) is 10.5. The van der Waals surface area contributed by atoms with Gasteiger partial charge in [0.2, 0.25) is 0 Å². The van der Waals surface area contributed by atoms with E-state index in [0.717, 1.165) is 4.68 Å². The first-order valence-electron chi connectivity index (χ1n) is 5.67. The molecule has 0 aliphatic heterocycles. The molecule has 2 heterocycles. The van der Waals surface area contributed by atoms with Gasteiger partial charge in [-0.1, -0.05) is 5.21 Å². The topological polar surface area (TPSA) is 138 Å². The predicted molar refractivity (Wildman–Crippen MR) is 65.6 cm³/mol. The van der Waals surface area contributed by atoms with Crippen molar-refractivity contribution in [3.8, 4) is 5.69 Å². The van der Waals surface area contributed by atoms with Gasteiger partial charge in [-0.25, -0.2) is 14.3 Å². The van der Waals surface area contributed by atoms with Crippen LogP contribution in [-0.4, -0.2) is 43.4 Å². The molecule has 2 aromatic rings. The Morgan fingerprint density at radius 1 is 1.50 bits per heavy atom. The zero-order valence-corrected chi connectivity index (χ0v) is 10.8. The summed E-state index contributed by atoms with van der Waals surface area (Å²) in [5.74, 6) is -0.651. The number of nitrogens with zero attached hydrogens (tertiary/aromatic N) is 4. The lowest BCUT2D eigenvalue weighted by Crippen LogP contribution is -2.31. The fourth-order valence-electron chi connectivity index (χ4n) is 1.63. The number of aryl methyl sites for hydroxylation is 1. The molecule has 0 radical (unpaired) electrons. The second kappa shape index (κ2) is 4.99. The van der Waals surface area contributed by atoms with Crippen molar-refractivity contribution in [1.82, 2.24) is 24.8 Å². The first kappa shape index (κ1) is 13.5. The summed E-state index contributed by atoms with van der Waals surface area (Å²) in [6.07, 6.45) is 1.24. The van der Waals surface area contributed by atoms with Crippen molar-refractivity contribution >= 4 is 12.0 Å². The third-order valence-corrected chi connectivity index (χ3v) is 2.47. The van der Waals surface area contributed by atoms with Gasteiger partial charge in [-0.2, -0.15) is 4.68 Å². The molecule has 10 heteroatoms. The summed E-state index contributed by atoms with van der Waals surface area (Å²) in [5.41, 5.74) is 4.72. The summed E-state index contributed by atoms with van der Waals surface area (Å²) in [7, 11) is 0. The van der Waals surface area contributed by atoms with Gasteiger partial charge in [0.15, 0.2) is 11.4 Å². The molecular formula is C10H12N6O4. The van der Waals surface area contributed by atoms with Crippen LogP contribution in [0.5, 0.6) is 0 Å². The first-order valence-corrected chi connectivity index (χ1v) is 5.67. The second-order valence-electron chi connectivity index (χ2n) is 3.83. The first-order chi connectivity index (χ1) is 9.45. The second-order valence-corrected chi connectivity index (χ2v) is 3.83. The van der Waals surface area contributed by atoms with Crippen LogP contribution in [0.2, 0.25) is 0 Å². The van der Waals surface area contributed by atoms with Crippen molar-refractivity contribution in [3.05, 3.63) is 27.9 Å². The van der Waals surface area contributed by atoms with Gasteiger partial charge in [-0.15, -0.1) is 5.10 Å². The van der Waals surface area contributed by atoms with Crippen LogP contribution in [0.3, 0.4) is 0 Å². The van der Waals surface area contributed by atoms with Crippen molar-refractivity contribution in [2.75, 3.05) is 6.61 Å². The maximum atomic E-state index is 12.0. The molecule has 0 unspecified atom stereocenters. The van der Waals surface area contributed by atoms with Gasteiger partial charge < -0.3 is 10.5 Å². The van der Waals surface area contributed by atoms with E-state index in [1.54, 1.807) is 13.8 Å². The van der Waals surface area contributed by atoms with Gasteiger partial charge in [0, 0.05) is 0 Å². The number of ether oxygens (including phenoxy) is 1. The summed E-state index contributed by atoms with van der Waals surface area (Å²) in [5, 5.41) is 9.77. The van der Waals surface area contributed by atoms with Gasteiger partial charge in [-0.3, -0.25) is 9.89 Å². The average Bonchev–Trinajstić information content (AvgIpc) is 2.95. The number of hydrogen-bond donors (Lipinski definition) is 2. The van der Waals surface area contributed by atoms with Gasteiger partial charge in [0.1, 0.15) is 0 Å². The quantitative estimate of drug-likeness (QED) is 0.703. The van der Waals surface area contributed by atoms with Crippen LogP contribution < -0.4 is 11.3 Å². The van der Waals surface area contributed by atoms with E-state index < -0.39 is 17.6 Å². The summed E-state index contributed by atoms with van der Waals surface area (Å²) in [4.78, 5) is 34.5. The molecule has 0 aromatic carbocycles. The average molecular weight is 280 g/mol. The Hall–Kier alpha value is -2.91. The van der Waals surface area contributed by atoms with Crippen molar-refractivity contribution < 1.29 is 14.3 Å². The molecule has 0 aliphatic carbocycles. The predicted octanol–water partition coefficient (Wildman–Crippen LogP) is -0.831. The van der Waals surface area contributed by atoms with E-state index in [9.17, 15) is 14.4 Å². The molecule has 106 valence electrons. The molecule has 0 bridgehead atoms. The van der Waals surface area contributed by atoms with Gasteiger partial charge in [0.05, 0.1) is 18.5 Å². The highest BCUT2D eigenvalue weighted by atomic mass is 16.5. The van der Waals surface area contributed by atoms with Gasteiger partial charge >= 0.3 is 17.6 Å². The minimum Gasteiger partial charge on any atom is -0.461 e. The highest BCUT2D eigenvalue weighted by Gasteiger charge is 2.19. The smallest absolute Gasteiger partial charge is 0.360 e. The molecule has 0 atom stereocenters. The lowest BCUT2D eigenvalue weighted by Gasteiger charge is -1.95. The number of nitrogens with two attached hydrogens (primary N) is 1. The Morgan fingerprint density at radius 3 is 2.75 bits per heavy atom. The fourth-order valence-corrected chi connectivity index (χ4v) is 1.63. The maximum absolute atomic E-state index is 12.0. The number of nitrogens with one attached hydrogen (secondary N) is 1. The number of primary amides is 1. The standard InChI is InChI=1S/C10H12N6O4/c1-3-20-9(18)6-4-15(14-12-6)7-5(2)13-16(8(7)17)10(11)19/h4,13H,3H2,1-2H3,(H2,11,19). The largest absolute Gasteiger partial charge is 0.461 e. The Balaban J connectivity index is 2.46. The summed E-state index contributed by atoms with van der Waals surface area (Å²) in [6, 6.07) is -0.949. The van der Waals surface area contributed by atoms with Crippen LogP contribution in [0, 0.1) is 6.92 Å². The van der Waals surface area contributed by atoms with Gasteiger partial charge in [0.25, 0.3) is 0 Å². The zero-order valence-electron chi connectivity index (χ0n) is 10.8. The zero-order chi connectivity index (χ0) is 14.9. The lowest BCUT2D eigenvalue weighted by atomic mass is 10.4. The number of H-pyrrole nitrogens is 1. The maximum Gasteiger partial charge on any atom is 0.360 e. The summed E-state index contributed by atoms with van der Waals surface area (Å²) in [6.45, 7) is 3.41. The highest BCUT2D eigenvalue weighted by Crippen LogP contribution is 2.06. The Morgan fingerprint density at radius 2 is 2.20 bits per heavy atom. The Labute approximate surface area is 112 Å². The monoisotopic (exact) mass is 280 g/mol. The lowest BCUT2D eigenvalue weighted by molar-refractivity contribution is 0.0519. The number of rotatable bonds is 3. The molecule has 0 saturated carbocycles. The van der Waals surface area contributed by atoms with E-state index in [1.165, 1.54) is 6.20 Å². The SMILES string of the molecule is CCOC(=O)c1cn(-c2c(C)[nH]n(C(N)=O)c2=O)nn1. The summed E-state index contributed by atoms with van der Waals surface area (Å²) >= 11 is 0. The minimum atomic E-state index is -0.949. The summed E-state index contributed by atoms with van der Waals surface area (Å²) < 4.78 is 6.48. The number of esters is 1. The molecule has 0 saturated heterocycles. The molecule has 0 spiro atoms. The molecule has 2 aromatic heterocycles. The Bertz CT molecular complexity index is 724. The molecule has 0 fully saturated rings. The molecule has 10 nitrogen and oxygen atoms in total. The highest BCUT2D eigenvalue weighted by molar-refractivity contribution is 5.86. The van der Waals surface area contributed by atoms with Crippen molar-refractivity contribution in [3.63, 3.8) is 0 Å². The number of aromatic nitrogens is 5.